The minimum atomic E-state index is -0.709. The van der Waals surface area contributed by atoms with Crippen LogP contribution in [0.15, 0.2) is 24.4 Å². The first-order valence-electron chi connectivity index (χ1n) is 7.34. The Balaban J connectivity index is 1.80. The van der Waals surface area contributed by atoms with Crippen LogP contribution in [0, 0.1) is 12.7 Å². The fraction of sp³-hybridized carbons (Fsp3) is 0.375. The van der Waals surface area contributed by atoms with Crippen molar-refractivity contribution in [1.29, 1.82) is 0 Å². The summed E-state index contributed by atoms with van der Waals surface area (Å²) in [6.45, 7) is 2.43. The highest BCUT2D eigenvalue weighted by Crippen LogP contribution is 2.31. The van der Waals surface area contributed by atoms with Crippen LogP contribution in [0.5, 0.6) is 0 Å². The Bertz CT molecular complexity index is 747. The van der Waals surface area contributed by atoms with Gasteiger partial charge in [-0.3, -0.25) is 9.48 Å². The van der Waals surface area contributed by atoms with Gasteiger partial charge in [0.05, 0.1) is 22.3 Å². The number of hydrogen-bond acceptors (Lipinski definition) is 3. The number of carbonyl (C=O) groups is 1. The van der Waals surface area contributed by atoms with E-state index < -0.39 is 11.7 Å². The molecule has 1 amide bonds. The summed E-state index contributed by atoms with van der Waals surface area (Å²) in [7, 11) is 1.83. The Kier molecular flexibility index (Phi) is 4.37. The van der Waals surface area contributed by atoms with Gasteiger partial charge in [-0.2, -0.15) is 5.10 Å². The second-order valence-electron chi connectivity index (χ2n) is 5.60. The van der Waals surface area contributed by atoms with E-state index in [0.29, 0.717) is 13.0 Å². The van der Waals surface area contributed by atoms with Gasteiger partial charge in [-0.15, -0.1) is 0 Å². The fourth-order valence-corrected chi connectivity index (χ4v) is 3.04. The van der Waals surface area contributed by atoms with Crippen molar-refractivity contribution < 1.29 is 13.9 Å². The molecule has 0 aliphatic carbocycles. The maximum Gasteiger partial charge on any atom is 0.254 e. The molecule has 1 aromatic heterocycles. The Morgan fingerprint density at radius 1 is 1.52 bits per heavy atom. The molecule has 0 unspecified atom stereocenters. The molecule has 0 spiro atoms. The minimum Gasteiger partial charge on any atom is -0.371 e. The fourth-order valence-electron chi connectivity index (χ4n) is 2.87. The van der Waals surface area contributed by atoms with E-state index in [1.807, 2.05) is 20.2 Å². The molecule has 1 saturated heterocycles. The van der Waals surface area contributed by atoms with Gasteiger partial charge in [-0.05, 0) is 25.5 Å². The molecular formula is C16H17ClFN3O2. The SMILES string of the molecule is Cc1nn(C)cc1[C@H]1OCC[C@@H]1NC(=O)c1cccc(Cl)c1F. The van der Waals surface area contributed by atoms with Gasteiger partial charge < -0.3 is 10.1 Å². The van der Waals surface area contributed by atoms with Crippen LogP contribution in [0.3, 0.4) is 0 Å². The largest absolute Gasteiger partial charge is 0.371 e. The van der Waals surface area contributed by atoms with Crippen molar-refractivity contribution in [2.45, 2.75) is 25.5 Å². The summed E-state index contributed by atoms with van der Waals surface area (Å²) in [6, 6.07) is 4.14. The van der Waals surface area contributed by atoms with Gasteiger partial charge in [0.2, 0.25) is 0 Å². The molecule has 0 saturated carbocycles. The van der Waals surface area contributed by atoms with Crippen LogP contribution in [0.1, 0.15) is 34.1 Å². The number of benzene rings is 1. The minimum absolute atomic E-state index is 0.0638. The predicted molar refractivity (Wildman–Crippen MR) is 83.9 cm³/mol. The summed E-state index contributed by atoms with van der Waals surface area (Å²) in [4.78, 5) is 12.4. The van der Waals surface area contributed by atoms with Gasteiger partial charge >= 0.3 is 0 Å². The molecule has 0 radical (unpaired) electrons. The van der Waals surface area contributed by atoms with Gasteiger partial charge in [0, 0.05) is 25.4 Å². The molecule has 0 bridgehead atoms. The molecule has 1 N–H and O–H groups in total. The van der Waals surface area contributed by atoms with Gasteiger partial charge in [-0.1, -0.05) is 17.7 Å². The van der Waals surface area contributed by atoms with Crippen molar-refractivity contribution in [2.24, 2.45) is 7.05 Å². The molecule has 23 heavy (non-hydrogen) atoms. The van der Waals surface area contributed by atoms with E-state index in [1.54, 1.807) is 10.7 Å². The molecule has 2 heterocycles. The smallest absolute Gasteiger partial charge is 0.254 e. The third-order valence-corrected chi connectivity index (χ3v) is 4.25. The Labute approximate surface area is 138 Å². The Morgan fingerprint density at radius 3 is 3.00 bits per heavy atom. The van der Waals surface area contributed by atoms with E-state index in [1.165, 1.54) is 12.1 Å². The average Bonchev–Trinajstić information content (AvgIpc) is 3.07. The molecule has 1 aliphatic heterocycles. The number of hydrogen-bond donors (Lipinski definition) is 1. The summed E-state index contributed by atoms with van der Waals surface area (Å²) in [5, 5.41) is 7.08. The number of carbonyl (C=O) groups excluding carboxylic acids is 1. The van der Waals surface area contributed by atoms with E-state index in [9.17, 15) is 9.18 Å². The van der Waals surface area contributed by atoms with Crippen molar-refractivity contribution in [1.82, 2.24) is 15.1 Å². The van der Waals surface area contributed by atoms with E-state index in [-0.39, 0.29) is 22.7 Å². The number of aromatic nitrogens is 2. The summed E-state index contributed by atoms with van der Waals surface area (Å²) in [5.74, 6) is -1.20. The first kappa shape index (κ1) is 16.0. The third kappa shape index (κ3) is 3.09. The highest BCUT2D eigenvalue weighted by molar-refractivity contribution is 6.31. The molecule has 2 aromatic rings. The summed E-state index contributed by atoms with van der Waals surface area (Å²) < 4.78 is 21.4. The molecule has 3 rings (SSSR count). The number of nitrogens with one attached hydrogen (secondary N) is 1. The molecule has 7 heteroatoms. The lowest BCUT2D eigenvalue weighted by atomic mass is 10.0. The van der Waals surface area contributed by atoms with Crippen LogP contribution in [-0.2, 0) is 11.8 Å². The first-order valence-corrected chi connectivity index (χ1v) is 7.72. The highest BCUT2D eigenvalue weighted by atomic mass is 35.5. The van der Waals surface area contributed by atoms with Crippen molar-refractivity contribution in [2.75, 3.05) is 6.61 Å². The number of nitrogens with zero attached hydrogens (tertiary/aromatic N) is 2. The maximum atomic E-state index is 14.0. The first-order chi connectivity index (χ1) is 11.0. The van der Waals surface area contributed by atoms with Gasteiger partial charge in [0.15, 0.2) is 5.82 Å². The molecule has 5 nitrogen and oxygen atoms in total. The molecule has 2 atom stereocenters. The molecule has 1 fully saturated rings. The molecule has 1 aromatic carbocycles. The van der Waals surface area contributed by atoms with Gasteiger partial charge in [0.25, 0.3) is 5.91 Å². The van der Waals surface area contributed by atoms with Crippen LogP contribution in [0.25, 0.3) is 0 Å². The number of ether oxygens (including phenoxy) is 1. The van der Waals surface area contributed by atoms with Crippen molar-refractivity contribution in [3.63, 3.8) is 0 Å². The molecule has 122 valence electrons. The zero-order chi connectivity index (χ0) is 16.6. The number of amides is 1. The number of rotatable bonds is 3. The average molecular weight is 338 g/mol. The van der Waals surface area contributed by atoms with E-state index in [2.05, 4.69) is 10.4 Å². The van der Waals surface area contributed by atoms with E-state index >= 15 is 0 Å². The van der Waals surface area contributed by atoms with Crippen LogP contribution in [0.2, 0.25) is 5.02 Å². The summed E-state index contributed by atoms with van der Waals surface area (Å²) in [6.07, 6.45) is 2.26. The lowest BCUT2D eigenvalue weighted by molar-refractivity contribution is 0.0816. The maximum absolute atomic E-state index is 14.0. The standard InChI is InChI=1S/C16H17ClFN3O2/c1-9-11(8-21(2)20-9)15-13(6-7-23-15)19-16(22)10-4-3-5-12(17)14(10)18/h3-5,8,13,15H,6-7H2,1-2H3,(H,19,22)/t13-,15+/m0/s1. The second-order valence-corrected chi connectivity index (χ2v) is 6.01. The van der Waals surface area contributed by atoms with Crippen LogP contribution >= 0.6 is 11.6 Å². The third-order valence-electron chi connectivity index (χ3n) is 3.96. The lowest BCUT2D eigenvalue weighted by Crippen LogP contribution is -2.37. The van der Waals surface area contributed by atoms with Crippen LogP contribution in [-0.4, -0.2) is 28.3 Å². The van der Waals surface area contributed by atoms with Gasteiger partial charge in [0.1, 0.15) is 6.10 Å². The topological polar surface area (TPSA) is 56.1 Å². The summed E-state index contributed by atoms with van der Waals surface area (Å²) in [5.41, 5.74) is 1.72. The molecular weight excluding hydrogens is 321 g/mol. The number of aryl methyl sites for hydroxylation is 2. The van der Waals surface area contributed by atoms with Gasteiger partial charge in [-0.25, -0.2) is 4.39 Å². The quantitative estimate of drug-likeness (QED) is 0.937. The van der Waals surface area contributed by atoms with Crippen molar-refractivity contribution in [3.8, 4) is 0 Å². The number of halogens is 2. The van der Waals surface area contributed by atoms with Crippen LogP contribution < -0.4 is 5.32 Å². The zero-order valence-corrected chi connectivity index (χ0v) is 13.6. The normalized spacial score (nSPS) is 20.7. The van der Waals surface area contributed by atoms with Crippen molar-refractivity contribution in [3.05, 3.63) is 52.1 Å². The Morgan fingerprint density at radius 2 is 2.30 bits per heavy atom. The van der Waals surface area contributed by atoms with E-state index in [4.69, 9.17) is 16.3 Å². The highest BCUT2D eigenvalue weighted by Gasteiger charge is 2.33. The monoisotopic (exact) mass is 337 g/mol. The van der Waals surface area contributed by atoms with Crippen molar-refractivity contribution >= 4 is 17.5 Å². The Hall–Kier alpha value is -1.92. The molecule has 1 aliphatic rings. The second kappa shape index (κ2) is 6.29. The summed E-state index contributed by atoms with van der Waals surface area (Å²) >= 11 is 5.73. The predicted octanol–water partition coefficient (Wildman–Crippen LogP) is 2.78. The van der Waals surface area contributed by atoms with E-state index in [0.717, 1.165) is 11.3 Å². The lowest BCUT2D eigenvalue weighted by Gasteiger charge is -2.19. The zero-order valence-electron chi connectivity index (χ0n) is 12.8. The van der Waals surface area contributed by atoms with Crippen LogP contribution in [0.4, 0.5) is 4.39 Å².